The lowest BCUT2D eigenvalue weighted by Crippen LogP contribution is -2.00. The van der Waals surface area contributed by atoms with Crippen molar-refractivity contribution < 1.29 is 13.5 Å². The van der Waals surface area contributed by atoms with Crippen molar-refractivity contribution in [3.63, 3.8) is 0 Å². The number of halogens is 2. The highest BCUT2D eigenvalue weighted by atomic mass is 19.2. The van der Waals surface area contributed by atoms with Crippen LogP contribution < -0.4 is 4.74 Å². The van der Waals surface area contributed by atoms with Gasteiger partial charge in [0.05, 0.1) is 6.61 Å². The minimum atomic E-state index is -0.939. The summed E-state index contributed by atoms with van der Waals surface area (Å²) < 4.78 is 34.4. The Kier molecular flexibility index (Phi) is 10.1. The summed E-state index contributed by atoms with van der Waals surface area (Å²) >= 11 is 0. The Morgan fingerprint density at radius 2 is 1.00 bits per heavy atom. The van der Waals surface area contributed by atoms with E-state index in [0.29, 0.717) is 12.2 Å². The number of ether oxygens (including phenoxy) is 1. The van der Waals surface area contributed by atoms with Gasteiger partial charge in [0.2, 0.25) is 5.82 Å². The van der Waals surface area contributed by atoms with Crippen LogP contribution in [0.1, 0.15) is 64.4 Å². The monoisotopic (exact) mass is 512 g/mol. The predicted molar refractivity (Wildman–Crippen MR) is 156 cm³/mol. The van der Waals surface area contributed by atoms with Crippen LogP contribution in [-0.2, 0) is 6.42 Å². The molecule has 0 atom stereocenters. The third-order valence-corrected chi connectivity index (χ3v) is 7.03. The number of unbranched alkanes of at least 4 members (excludes halogenated alkanes) is 5. The Bertz CT molecular complexity index is 1280. The van der Waals surface area contributed by atoms with Crippen molar-refractivity contribution in [3.8, 4) is 39.1 Å². The standard InChI is InChI=1S/C35H38F2O/c1-3-5-6-7-8-9-10-26-11-13-27(14-12-26)28-15-17-29(18-16-28)30-19-21-31(22-20-30)32-23-24-33(38-25-4-2)35(37)34(32)36/h11-24H,3-10,25H2,1-2H3. The first-order valence-corrected chi connectivity index (χ1v) is 14.0. The van der Waals surface area contributed by atoms with Crippen LogP contribution in [-0.4, -0.2) is 6.61 Å². The SMILES string of the molecule is CCCCCCCCc1ccc(-c2ccc(-c3ccc(-c4ccc(OCCC)c(F)c4F)cc3)cc2)cc1. The summed E-state index contributed by atoms with van der Waals surface area (Å²) in [6.07, 6.45) is 9.81. The van der Waals surface area contributed by atoms with Gasteiger partial charge in [-0.05, 0) is 64.8 Å². The zero-order valence-corrected chi connectivity index (χ0v) is 22.6. The van der Waals surface area contributed by atoms with E-state index in [4.69, 9.17) is 4.74 Å². The molecule has 4 aromatic carbocycles. The van der Waals surface area contributed by atoms with Gasteiger partial charge >= 0.3 is 0 Å². The predicted octanol–water partition coefficient (Wildman–Crippen LogP) is 10.7. The quantitative estimate of drug-likeness (QED) is 0.162. The van der Waals surface area contributed by atoms with E-state index in [-0.39, 0.29) is 11.3 Å². The molecule has 0 aromatic heterocycles. The van der Waals surface area contributed by atoms with Crippen LogP contribution >= 0.6 is 0 Å². The summed E-state index contributed by atoms with van der Waals surface area (Å²) in [7, 11) is 0. The molecule has 0 fully saturated rings. The second-order valence-corrected chi connectivity index (χ2v) is 9.96. The van der Waals surface area contributed by atoms with Crippen molar-refractivity contribution in [2.45, 2.75) is 65.2 Å². The van der Waals surface area contributed by atoms with Crippen molar-refractivity contribution in [3.05, 3.63) is 102 Å². The Morgan fingerprint density at radius 1 is 0.500 bits per heavy atom. The molecule has 1 nitrogen and oxygen atoms in total. The molecule has 0 radical (unpaired) electrons. The average molecular weight is 513 g/mol. The van der Waals surface area contributed by atoms with Gasteiger partial charge in [-0.2, -0.15) is 4.39 Å². The molecule has 3 heteroatoms. The smallest absolute Gasteiger partial charge is 0.201 e. The van der Waals surface area contributed by atoms with Gasteiger partial charge in [-0.15, -0.1) is 0 Å². The number of benzene rings is 4. The molecular weight excluding hydrogens is 474 g/mol. The Labute approximate surface area is 226 Å². The average Bonchev–Trinajstić information content (AvgIpc) is 2.96. The van der Waals surface area contributed by atoms with Crippen LogP contribution in [0.4, 0.5) is 8.78 Å². The fourth-order valence-electron chi connectivity index (χ4n) is 4.75. The zero-order valence-electron chi connectivity index (χ0n) is 22.6. The second-order valence-electron chi connectivity index (χ2n) is 9.96. The largest absolute Gasteiger partial charge is 0.490 e. The van der Waals surface area contributed by atoms with Gasteiger partial charge in [-0.3, -0.25) is 0 Å². The Hall–Kier alpha value is -3.46. The van der Waals surface area contributed by atoms with Gasteiger partial charge < -0.3 is 4.74 Å². The van der Waals surface area contributed by atoms with Crippen LogP contribution in [0.25, 0.3) is 33.4 Å². The molecule has 0 saturated carbocycles. The normalized spacial score (nSPS) is 11.1. The fraction of sp³-hybridized carbons (Fsp3) is 0.314. The Morgan fingerprint density at radius 3 is 1.55 bits per heavy atom. The molecule has 0 heterocycles. The van der Waals surface area contributed by atoms with Gasteiger partial charge in [-0.25, -0.2) is 4.39 Å². The highest BCUT2D eigenvalue weighted by Crippen LogP contribution is 2.32. The topological polar surface area (TPSA) is 9.23 Å². The van der Waals surface area contributed by atoms with Crippen LogP contribution in [0.5, 0.6) is 5.75 Å². The van der Waals surface area contributed by atoms with Crippen molar-refractivity contribution in [1.82, 2.24) is 0 Å². The minimum Gasteiger partial charge on any atom is -0.490 e. The lowest BCUT2D eigenvalue weighted by molar-refractivity contribution is 0.295. The highest BCUT2D eigenvalue weighted by molar-refractivity contribution is 5.73. The van der Waals surface area contributed by atoms with Crippen LogP contribution in [0.2, 0.25) is 0 Å². The molecule has 4 aromatic rings. The molecule has 0 aliphatic heterocycles. The maximum atomic E-state index is 14.7. The molecule has 0 saturated heterocycles. The molecule has 198 valence electrons. The zero-order chi connectivity index (χ0) is 26.7. The maximum absolute atomic E-state index is 14.7. The van der Waals surface area contributed by atoms with Crippen molar-refractivity contribution in [2.75, 3.05) is 6.61 Å². The van der Waals surface area contributed by atoms with E-state index in [1.54, 1.807) is 6.07 Å². The number of aryl methyl sites for hydroxylation is 1. The lowest BCUT2D eigenvalue weighted by atomic mass is 9.97. The molecule has 0 aliphatic rings. The van der Waals surface area contributed by atoms with Gasteiger partial charge in [0, 0.05) is 5.56 Å². The van der Waals surface area contributed by atoms with Crippen molar-refractivity contribution in [1.29, 1.82) is 0 Å². The maximum Gasteiger partial charge on any atom is 0.201 e. The lowest BCUT2D eigenvalue weighted by Gasteiger charge is -2.11. The summed E-state index contributed by atoms with van der Waals surface area (Å²) in [5.74, 6) is -1.86. The minimum absolute atomic E-state index is 0.0442. The summed E-state index contributed by atoms with van der Waals surface area (Å²) in [4.78, 5) is 0. The number of hydrogen-bond donors (Lipinski definition) is 0. The van der Waals surface area contributed by atoms with Crippen LogP contribution in [0.15, 0.2) is 84.9 Å². The van der Waals surface area contributed by atoms with E-state index in [0.717, 1.165) is 24.0 Å². The van der Waals surface area contributed by atoms with E-state index < -0.39 is 11.6 Å². The molecule has 4 rings (SSSR count). The molecule has 0 aliphatic carbocycles. The second kappa shape index (κ2) is 13.9. The van der Waals surface area contributed by atoms with E-state index in [1.165, 1.54) is 61.3 Å². The summed E-state index contributed by atoms with van der Waals surface area (Å²) in [6.45, 7) is 4.53. The van der Waals surface area contributed by atoms with Gasteiger partial charge in [0.25, 0.3) is 0 Å². The molecule has 0 N–H and O–H groups in total. The Balaban J connectivity index is 1.38. The van der Waals surface area contributed by atoms with Gasteiger partial charge in [-0.1, -0.05) is 119 Å². The molecular formula is C35H38F2O. The third-order valence-electron chi connectivity index (χ3n) is 7.03. The fourth-order valence-corrected chi connectivity index (χ4v) is 4.75. The van der Waals surface area contributed by atoms with Crippen LogP contribution in [0, 0.1) is 11.6 Å². The molecule has 0 amide bonds. The first-order valence-electron chi connectivity index (χ1n) is 14.0. The van der Waals surface area contributed by atoms with E-state index in [1.807, 2.05) is 31.2 Å². The summed E-state index contributed by atoms with van der Waals surface area (Å²) in [5, 5.41) is 0. The summed E-state index contributed by atoms with van der Waals surface area (Å²) in [6, 6.07) is 28.0. The number of rotatable bonds is 13. The first kappa shape index (κ1) is 27.6. The number of hydrogen-bond acceptors (Lipinski definition) is 1. The van der Waals surface area contributed by atoms with Gasteiger partial charge in [0.15, 0.2) is 11.6 Å². The van der Waals surface area contributed by atoms with E-state index in [2.05, 4.69) is 55.5 Å². The van der Waals surface area contributed by atoms with Crippen molar-refractivity contribution in [2.24, 2.45) is 0 Å². The molecule has 0 bridgehead atoms. The first-order chi connectivity index (χ1) is 18.6. The highest BCUT2D eigenvalue weighted by Gasteiger charge is 2.16. The third kappa shape index (κ3) is 7.10. The van der Waals surface area contributed by atoms with Gasteiger partial charge in [0.1, 0.15) is 0 Å². The van der Waals surface area contributed by atoms with Crippen LogP contribution in [0.3, 0.4) is 0 Å². The van der Waals surface area contributed by atoms with E-state index in [9.17, 15) is 8.78 Å². The van der Waals surface area contributed by atoms with Crippen molar-refractivity contribution >= 4 is 0 Å². The van der Waals surface area contributed by atoms with E-state index >= 15 is 0 Å². The molecule has 0 spiro atoms. The molecule has 0 unspecified atom stereocenters. The summed E-state index contributed by atoms with van der Waals surface area (Å²) in [5.41, 5.74) is 6.76. The molecule has 38 heavy (non-hydrogen) atoms.